The molecule has 3 aromatic carbocycles. The molecule has 0 atom stereocenters. The molecule has 1 fully saturated rings. The van der Waals surface area contributed by atoms with E-state index in [1.807, 2.05) is 31.2 Å². The van der Waals surface area contributed by atoms with Crippen LogP contribution in [-0.4, -0.2) is 35.1 Å². The van der Waals surface area contributed by atoms with Crippen molar-refractivity contribution >= 4 is 84.0 Å². The zero-order valence-electron chi connectivity index (χ0n) is 20.0. The molecule has 0 aliphatic carbocycles. The summed E-state index contributed by atoms with van der Waals surface area (Å²) in [6.07, 6.45) is 1.59. The Balaban J connectivity index is 1.49. The number of carbonyl (C=O) groups excluding carboxylic acids is 3. The number of ether oxygens (including phenoxy) is 2. The molecule has 0 unspecified atom stereocenters. The lowest BCUT2D eigenvalue weighted by molar-refractivity contribution is -0.127. The maximum atomic E-state index is 13.0. The number of nitrogens with one attached hydrogen (secondary N) is 1. The molecule has 7 nitrogen and oxygen atoms in total. The maximum absolute atomic E-state index is 13.0. The number of hydrogen-bond donors (Lipinski definition) is 1. The Morgan fingerprint density at radius 3 is 2.47 bits per heavy atom. The molecule has 3 aromatic rings. The first kappa shape index (κ1) is 28.2. The van der Waals surface area contributed by atoms with Gasteiger partial charge in [0.05, 0.1) is 22.2 Å². The number of thioether (sulfide) groups is 1. The van der Waals surface area contributed by atoms with Crippen LogP contribution in [0.4, 0.5) is 10.5 Å². The topological polar surface area (TPSA) is 84.9 Å². The van der Waals surface area contributed by atoms with Gasteiger partial charge in [0.25, 0.3) is 11.1 Å². The van der Waals surface area contributed by atoms with E-state index in [9.17, 15) is 14.4 Å². The smallest absolute Gasteiger partial charge is 0.294 e. The number of carbonyl (C=O) groups is 3. The SMILES string of the molecule is CCOc1cc(/C=C2/SC(=O)N(CC(=O)Nc3ccccc3Cl)C2=O)c(Br)cc1OCc1ccc(Br)cc1. The largest absolute Gasteiger partial charge is 0.490 e. The number of hydrogen-bond acceptors (Lipinski definition) is 6. The molecule has 0 bridgehead atoms. The van der Waals surface area contributed by atoms with E-state index in [0.717, 1.165) is 26.7 Å². The molecule has 1 heterocycles. The number of halogens is 3. The average molecular weight is 681 g/mol. The maximum Gasteiger partial charge on any atom is 0.294 e. The van der Waals surface area contributed by atoms with Crippen LogP contribution in [0.5, 0.6) is 11.5 Å². The van der Waals surface area contributed by atoms with E-state index in [1.54, 1.807) is 42.5 Å². The van der Waals surface area contributed by atoms with Crippen molar-refractivity contribution in [2.75, 3.05) is 18.5 Å². The molecule has 1 aliphatic heterocycles. The molecule has 0 saturated carbocycles. The van der Waals surface area contributed by atoms with Crippen molar-refractivity contribution in [2.45, 2.75) is 13.5 Å². The Morgan fingerprint density at radius 2 is 1.76 bits per heavy atom. The van der Waals surface area contributed by atoms with Crippen LogP contribution < -0.4 is 14.8 Å². The Morgan fingerprint density at radius 1 is 1.05 bits per heavy atom. The first-order chi connectivity index (χ1) is 18.2. The van der Waals surface area contributed by atoms with E-state index < -0.39 is 23.6 Å². The molecular formula is C27H21Br2ClN2O5S. The summed E-state index contributed by atoms with van der Waals surface area (Å²) in [6, 6.07) is 18.0. The van der Waals surface area contributed by atoms with E-state index >= 15 is 0 Å². The highest BCUT2D eigenvalue weighted by molar-refractivity contribution is 9.10. The first-order valence-electron chi connectivity index (χ1n) is 11.4. The molecule has 1 N–H and O–H groups in total. The lowest BCUT2D eigenvalue weighted by Gasteiger charge is -2.14. The highest BCUT2D eigenvalue weighted by Gasteiger charge is 2.36. The van der Waals surface area contributed by atoms with E-state index in [0.29, 0.717) is 45.5 Å². The fourth-order valence-corrected chi connectivity index (χ4v) is 5.17. The van der Waals surface area contributed by atoms with E-state index in [4.69, 9.17) is 21.1 Å². The zero-order valence-corrected chi connectivity index (χ0v) is 24.7. The minimum atomic E-state index is -0.560. The van der Waals surface area contributed by atoms with Crippen molar-refractivity contribution in [3.05, 3.63) is 90.7 Å². The highest BCUT2D eigenvalue weighted by Crippen LogP contribution is 2.38. The van der Waals surface area contributed by atoms with Crippen LogP contribution in [-0.2, 0) is 16.2 Å². The summed E-state index contributed by atoms with van der Waals surface area (Å²) in [7, 11) is 0. The summed E-state index contributed by atoms with van der Waals surface area (Å²) in [5.74, 6) is -0.0657. The van der Waals surface area contributed by atoms with Crippen LogP contribution in [0, 0.1) is 0 Å². The van der Waals surface area contributed by atoms with Gasteiger partial charge in [0.15, 0.2) is 11.5 Å². The predicted molar refractivity (Wildman–Crippen MR) is 157 cm³/mol. The van der Waals surface area contributed by atoms with Crippen LogP contribution in [0.3, 0.4) is 0 Å². The molecule has 0 spiro atoms. The number of rotatable bonds is 9. The second-order valence-corrected chi connectivity index (χ2v) is 11.1. The van der Waals surface area contributed by atoms with E-state index in [1.165, 1.54) is 0 Å². The minimum Gasteiger partial charge on any atom is -0.490 e. The number of imide groups is 1. The Kier molecular flexibility index (Phi) is 9.54. The molecular weight excluding hydrogens is 660 g/mol. The summed E-state index contributed by atoms with van der Waals surface area (Å²) in [5, 5.41) is 2.44. The van der Waals surface area contributed by atoms with Gasteiger partial charge >= 0.3 is 0 Å². The van der Waals surface area contributed by atoms with Crippen LogP contribution in [0.15, 0.2) is 74.5 Å². The molecule has 196 valence electrons. The van der Waals surface area contributed by atoms with Gasteiger partial charge in [-0.1, -0.05) is 67.7 Å². The fourth-order valence-electron chi connectivity index (χ4n) is 3.46. The molecule has 3 amide bonds. The average Bonchev–Trinajstić information content (AvgIpc) is 3.14. The molecule has 38 heavy (non-hydrogen) atoms. The first-order valence-corrected chi connectivity index (χ1v) is 14.2. The number of anilines is 1. The van der Waals surface area contributed by atoms with Crippen molar-refractivity contribution in [1.82, 2.24) is 4.90 Å². The van der Waals surface area contributed by atoms with Crippen LogP contribution >= 0.6 is 55.2 Å². The van der Waals surface area contributed by atoms with Crippen molar-refractivity contribution in [1.29, 1.82) is 0 Å². The van der Waals surface area contributed by atoms with Crippen molar-refractivity contribution in [3.63, 3.8) is 0 Å². The second kappa shape index (κ2) is 12.8. The van der Waals surface area contributed by atoms with Crippen molar-refractivity contribution < 1.29 is 23.9 Å². The third kappa shape index (κ3) is 6.99. The standard InChI is InChI=1S/C27H21Br2ClN2O5S/c1-2-36-22-11-17(19(29)13-23(22)37-15-16-7-9-18(28)10-8-16)12-24-26(34)32(27(35)38-24)14-25(33)31-21-6-4-3-5-20(21)30/h3-13H,2,14-15H2,1H3,(H,31,33)/b24-12+. The molecule has 0 radical (unpaired) electrons. The van der Waals surface area contributed by atoms with Gasteiger partial charge in [0, 0.05) is 8.95 Å². The molecule has 11 heteroatoms. The van der Waals surface area contributed by atoms with E-state index in [-0.39, 0.29) is 4.91 Å². The third-order valence-electron chi connectivity index (χ3n) is 5.28. The van der Waals surface area contributed by atoms with Gasteiger partial charge in [-0.05, 0) is 72.3 Å². The van der Waals surface area contributed by atoms with Gasteiger partial charge in [-0.2, -0.15) is 0 Å². The Hall–Kier alpha value is -2.79. The number of benzene rings is 3. The third-order valence-corrected chi connectivity index (χ3v) is 7.73. The van der Waals surface area contributed by atoms with Crippen LogP contribution in [0.1, 0.15) is 18.1 Å². The van der Waals surface area contributed by atoms with Gasteiger partial charge in [-0.3, -0.25) is 19.3 Å². The summed E-state index contributed by atoms with van der Waals surface area (Å²) >= 11 is 13.8. The zero-order chi connectivity index (χ0) is 27.2. The Labute approximate surface area is 245 Å². The van der Waals surface area contributed by atoms with Gasteiger partial charge in [0.1, 0.15) is 13.2 Å². The highest BCUT2D eigenvalue weighted by atomic mass is 79.9. The lowest BCUT2D eigenvalue weighted by atomic mass is 10.1. The summed E-state index contributed by atoms with van der Waals surface area (Å²) in [6.45, 7) is 2.18. The monoisotopic (exact) mass is 678 g/mol. The second-order valence-electron chi connectivity index (χ2n) is 7.96. The van der Waals surface area contributed by atoms with Gasteiger partial charge < -0.3 is 14.8 Å². The van der Waals surface area contributed by atoms with Crippen LogP contribution in [0.25, 0.3) is 6.08 Å². The van der Waals surface area contributed by atoms with Gasteiger partial charge in [-0.25, -0.2) is 0 Å². The molecule has 0 aromatic heterocycles. The number of amides is 3. The number of para-hydroxylation sites is 1. The van der Waals surface area contributed by atoms with Crippen molar-refractivity contribution in [3.8, 4) is 11.5 Å². The lowest BCUT2D eigenvalue weighted by Crippen LogP contribution is -2.36. The molecule has 4 rings (SSSR count). The van der Waals surface area contributed by atoms with Crippen LogP contribution in [0.2, 0.25) is 5.02 Å². The molecule has 1 saturated heterocycles. The van der Waals surface area contributed by atoms with Gasteiger partial charge in [0.2, 0.25) is 5.91 Å². The summed E-state index contributed by atoms with van der Waals surface area (Å²) < 4.78 is 13.4. The predicted octanol–water partition coefficient (Wildman–Crippen LogP) is 7.52. The van der Waals surface area contributed by atoms with Crippen molar-refractivity contribution in [2.24, 2.45) is 0 Å². The van der Waals surface area contributed by atoms with E-state index in [2.05, 4.69) is 37.2 Å². The Bertz CT molecular complexity index is 1420. The molecule has 1 aliphatic rings. The summed E-state index contributed by atoms with van der Waals surface area (Å²) in [5.41, 5.74) is 2.01. The minimum absolute atomic E-state index is 0.187. The van der Waals surface area contributed by atoms with Gasteiger partial charge in [-0.15, -0.1) is 0 Å². The summed E-state index contributed by atoms with van der Waals surface area (Å²) in [4.78, 5) is 39.1. The normalized spacial score (nSPS) is 14.2. The number of nitrogens with zero attached hydrogens (tertiary/aromatic N) is 1. The fraction of sp³-hybridized carbons (Fsp3) is 0.148. The quantitative estimate of drug-likeness (QED) is 0.236.